The molecule has 2 aromatic rings. The molecule has 0 aromatic heterocycles. The zero-order valence-corrected chi connectivity index (χ0v) is 14.0. The van der Waals surface area contributed by atoms with Crippen molar-refractivity contribution in [3.05, 3.63) is 71.8 Å². The number of carbonyl (C=O) groups is 3. The number of imide groups is 1. The van der Waals surface area contributed by atoms with E-state index >= 15 is 0 Å². The van der Waals surface area contributed by atoms with E-state index in [9.17, 15) is 14.4 Å². The maximum absolute atomic E-state index is 12.4. The van der Waals surface area contributed by atoms with Crippen molar-refractivity contribution >= 4 is 17.7 Å². The second kappa shape index (κ2) is 8.75. The maximum atomic E-state index is 12.4. The van der Waals surface area contributed by atoms with Crippen LogP contribution in [0.5, 0.6) is 0 Å². The summed E-state index contributed by atoms with van der Waals surface area (Å²) in [7, 11) is 0. The molecule has 0 saturated carbocycles. The molecule has 2 rings (SSSR count). The van der Waals surface area contributed by atoms with Crippen molar-refractivity contribution in [2.45, 2.75) is 13.0 Å². The smallest absolute Gasteiger partial charge is 0.318 e. The van der Waals surface area contributed by atoms with Gasteiger partial charge in [0.2, 0.25) is 5.91 Å². The minimum atomic E-state index is -0.908. The Bertz CT molecular complexity index is 693. The lowest BCUT2D eigenvalue weighted by molar-refractivity contribution is -0.151. The molecule has 0 aliphatic heterocycles. The van der Waals surface area contributed by atoms with Gasteiger partial charge in [-0.25, -0.2) is 0 Å². The molecule has 0 aliphatic rings. The monoisotopic (exact) mass is 339 g/mol. The van der Waals surface area contributed by atoms with Crippen LogP contribution in [0.3, 0.4) is 0 Å². The van der Waals surface area contributed by atoms with E-state index in [0.717, 1.165) is 16.0 Å². The molecule has 2 aromatic carbocycles. The summed E-state index contributed by atoms with van der Waals surface area (Å²) in [5.74, 6) is -2.27. The number of hydrogen-bond acceptors (Lipinski definition) is 4. The van der Waals surface area contributed by atoms with Crippen LogP contribution in [0.4, 0.5) is 0 Å². The van der Waals surface area contributed by atoms with E-state index in [2.05, 4.69) is 5.32 Å². The Balaban J connectivity index is 2.26. The highest BCUT2D eigenvalue weighted by Crippen LogP contribution is 2.21. The normalized spacial score (nSPS) is 10.4. The van der Waals surface area contributed by atoms with Crippen LogP contribution < -0.4 is 11.1 Å². The van der Waals surface area contributed by atoms with Crippen LogP contribution in [0.1, 0.15) is 24.1 Å². The highest BCUT2D eigenvalue weighted by molar-refractivity contribution is 6.37. The highest BCUT2D eigenvalue weighted by Gasteiger charge is 2.27. The topological polar surface area (TPSA) is 92.5 Å². The van der Waals surface area contributed by atoms with Crippen molar-refractivity contribution in [2.75, 3.05) is 13.1 Å². The molecule has 0 bridgehead atoms. The fourth-order valence-electron chi connectivity index (χ4n) is 2.50. The van der Waals surface area contributed by atoms with Crippen molar-refractivity contribution in [3.8, 4) is 0 Å². The first kappa shape index (κ1) is 18.4. The Kier molecular flexibility index (Phi) is 6.42. The molecule has 0 heterocycles. The van der Waals surface area contributed by atoms with Gasteiger partial charge in [0.25, 0.3) is 0 Å². The highest BCUT2D eigenvalue weighted by atomic mass is 16.2. The van der Waals surface area contributed by atoms with E-state index in [4.69, 9.17) is 5.73 Å². The third-order valence-corrected chi connectivity index (χ3v) is 3.71. The summed E-state index contributed by atoms with van der Waals surface area (Å²) in [6, 6.07) is 18.1. The molecular weight excluding hydrogens is 318 g/mol. The summed E-state index contributed by atoms with van der Waals surface area (Å²) in [5, 5.41) is 2.72. The summed E-state index contributed by atoms with van der Waals surface area (Å²) >= 11 is 0. The Morgan fingerprint density at radius 2 is 1.44 bits per heavy atom. The van der Waals surface area contributed by atoms with Gasteiger partial charge in [-0.1, -0.05) is 60.7 Å². The number of nitrogens with one attached hydrogen (secondary N) is 1. The van der Waals surface area contributed by atoms with E-state index in [1.165, 1.54) is 6.92 Å². The lowest BCUT2D eigenvalue weighted by Crippen LogP contribution is -2.47. The van der Waals surface area contributed by atoms with Crippen LogP contribution in [0, 0.1) is 0 Å². The molecule has 0 unspecified atom stereocenters. The maximum Gasteiger partial charge on any atom is 0.318 e. The third kappa shape index (κ3) is 4.74. The molecule has 3 N–H and O–H groups in total. The van der Waals surface area contributed by atoms with Gasteiger partial charge in [0.15, 0.2) is 0 Å². The van der Waals surface area contributed by atoms with Crippen LogP contribution in [0.2, 0.25) is 0 Å². The van der Waals surface area contributed by atoms with Gasteiger partial charge in [0.1, 0.15) is 0 Å². The second-order valence-electron chi connectivity index (χ2n) is 5.49. The molecule has 25 heavy (non-hydrogen) atoms. The van der Waals surface area contributed by atoms with Crippen molar-refractivity contribution < 1.29 is 14.4 Å². The molecule has 0 atom stereocenters. The van der Waals surface area contributed by atoms with Crippen molar-refractivity contribution in [1.29, 1.82) is 0 Å². The van der Waals surface area contributed by atoms with Crippen LogP contribution in [-0.2, 0) is 14.4 Å². The van der Waals surface area contributed by atoms with Gasteiger partial charge in [-0.05, 0) is 11.1 Å². The quantitative estimate of drug-likeness (QED) is 0.801. The second-order valence-corrected chi connectivity index (χ2v) is 5.49. The van der Waals surface area contributed by atoms with E-state index in [1.54, 1.807) is 0 Å². The van der Waals surface area contributed by atoms with Crippen LogP contribution in [-0.4, -0.2) is 35.7 Å². The summed E-state index contributed by atoms with van der Waals surface area (Å²) in [4.78, 5) is 37.2. The third-order valence-electron chi connectivity index (χ3n) is 3.71. The van der Waals surface area contributed by atoms with E-state index in [1.807, 2.05) is 60.7 Å². The molecule has 0 radical (unpaired) electrons. The summed E-state index contributed by atoms with van der Waals surface area (Å²) in [5.41, 5.74) is 7.08. The van der Waals surface area contributed by atoms with Crippen molar-refractivity contribution in [3.63, 3.8) is 0 Å². The summed E-state index contributed by atoms with van der Waals surface area (Å²) in [6.07, 6.45) is 0. The Morgan fingerprint density at radius 3 is 1.84 bits per heavy atom. The molecule has 0 saturated heterocycles. The number of hydrogen-bond donors (Lipinski definition) is 2. The molecule has 6 heteroatoms. The van der Waals surface area contributed by atoms with Crippen LogP contribution in [0.25, 0.3) is 0 Å². The van der Waals surface area contributed by atoms with E-state index in [-0.39, 0.29) is 13.1 Å². The average Bonchev–Trinajstić information content (AvgIpc) is 2.64. The average molecular weight is 339 g/mol. The zero-order valence-electron chi connectivity index (χ0n) is 14.0. The standard InChI is InChI=1S/C19H21N3O3/c1-14(23)22(13-12-20)19(25)18(24)21-17(15-8-4-2-5-9-15)16-10-6-3-7-11-16/h2-11,17H,12-13,20H2,1H3,(H,21,24). The molecule has 130 valence electrons. The lowest BCUT2D eigenvalue weighted by Gasteiger charge is -2.22. The van der Waals surface area contributed by atoms with Gasteiger partial charge in [0.05, 0.1) is 6.04 Å². The van der Waals surface area contributed by atoms with Gasteiger partial charge >= 0.3 is 11.8 Å². The fourth-order valence-corrected chi connectivity index (χ4v) is 2.50. The Labute approximate surface area is 146 Å². The summed E-state index contributed by atoms with van der Waals surface area (Å²) in [6.45, 7) is 1.33. The predicted molar refractivity (Wildman–Crippen MR) is 94.3 cm³/mol. The number of amides is 3. The van der Waals surface area contributed by atoms with Crippen LogP contribution in [0.15, 0.2) is 60.7 Å². The number of carbonyl (C=O) groups excluding carboxylic acids is 3. The van der Waals surface area contributed by atoms with E-state index in [0.29, 0.717) is 0 Å². The number of nitrogens with two attached hydrogens (primary N) is 1. The van der Waals surface area contributed by atoms with Gasteiger partial charge < -0.3 is 11.1 Å². The van der Waals surface area contributed by atoms with Gasteiger partial charge in [-0.2, -0.15) is 0 Å². The first-order valence-corrected chi connectivity index (χ1v) is 7.97. The largest absolute Gasteiger partial charge is 0.337 e. The summed E-state index contributed by atoms with van der Waals surface area (Å²) < 4.78 is 0. The van der Waals surface area contributed by atoms with Crippen molar-refractivity contribution in [1.82, 2.24) is 10.2 Å². The zero-order chi connectivity index (χ0) is 18.2. The SMILES string of the molecule is CC(=O)N(CCN)C(=O)C(=O)NC(c1ccccc1)c1ccccc1. The minimum Gasteiger partial charge on any atom is -0.337 e. The lowest BCUT2D eigenvalue weighted by atomic mass is 9.98. The number of rotatable bonds is 5. The molecular formula is C19H21N3O3. The molecule has 0 aliphatic carbocycles. The number of benzene rings is 2. The molecule has 0 spiro atoms. The Hall–Kier alpha value is -2.99. The van der Waals surface area contributed by atoms with Crippen molar-refractivity contribution in [2.24, 2.45) is 5.73 Å². The van der Waals surface area contributed by atoms with Gasteiger partial charge in [-0.15, -0.1) is 0 Å². The number of nitrogens with zero attached hydrogens (tertiary/aromatic N) is 1. The Morgan fingerprint density at radius 1 is 0.960 bits per heavy atom. The van der Waals surface area contributed by atoms with Gasteiger partial charge in [-0.3, -0.25) is 19.3 Å². The predicted octanol–water partition coefficient (Wildman–Crippen LogP) is 1.23. The first-order valence-electron chi connectivity index (χ1n) is 7.97. The van der Waals surface area contributed by atoms with Crippen LogP contribution >= 0.6 is 0 Å². The minimum absolute atomic E-state index is 0.00290. The first-order chi connectivity index (χ1) is 12.0. The molecule has 6 nitrogen and oxygen atoms in total. The van der Waals surface area contributed by atoms with Gasteiger partial charge in [0, 0.05) is 20.0 Å². The van der Waals surface area contributed by atoms with E-state index < -0.39 is 23.8 Å². The fraction of sp³-hybridized carbons (Fsp3) is 0.211. The molecule has 0 fully saturated rings. The molecule has 3 amide bonds.